The van der Waals surface area contributed by atoms with Gasteiger partial charge >= 0.3 is 0 Å². The summed E-state index contributed by atoms with van der Waals surface area (Å²) in [6.07, 6.45) is 1.02. The number of aromatic nitrogens is 2. The van der Waals surface area contributed by atoms with Crippen LogP contribution in [-0.4, -0.2) is 78.3 Å². The molecule has 0 saturated carbocycles. The number of carbonyl (C=O) groups excluding carboxylic acids is 2. The Bertz CT molecular complexity index is 672. The molecule has 0 aliphatic carbocycles. The predicted molar refractivity (Wildman–Crippen MR) is 94.7 cm³/mol. The average molecular weight is 396 g/mol. The van der Waals surface area contributed by atoms with Crippen LogP contribution in [0, 0.1) is 0 Å². The standard InChI is InChI=1S/C12H21N5O4S3/c1-5-17(6-2)10(19)8-22-12-15-14-11(23-12)13-9(18)7-16(3)24(4,20)21/h5-8H2,1-4H3,(H,13,14,18). The quantitative estimate of drug-likeness (QED) is 0.473. The van der Waals surface area contributed by atoms with Gasteiger partial charge in [0.2, 0.25) is 27.0 Å². The van der Waals surface area contributed by atoms with E-state index in [9.17, 15) is 18.0 Å². The van der Waals surface area contributed by atoms with Crippen molar-refractivity contribution in [2.45, 2.75) is 18.2 Å². The second-order valence-electron chi connectivity index (χ2n) is 4.80. The molecular formula is C12H21N5O4S3. The lowest BCUT2D eigenvalue weighted by Gasteiger charge is -2.17. The van der Waals surface area contributed by atoms with Crippen LogP contribution in [0.15, 0.2) is 4.34 Å². The third kappa shape index (κ3) is 6.71. The molecule has 0 unspecified atom stereocenters. The fourth-order valence-electron chi connectivity index (χ4n) is 1.59. The van der Waals surface area contributed by atoms with Gasteiger partial charge in [-0.15, -0.1) is 10.2 Å². The SMILES string of the molecule is CCN(CC)C(=O)CSc1nnc(NC(=O)CN(C)S(C)(=O)=O)s1. The number of sulfonamides is 1. The van der Waals surface area contributed by atoms with Crippen molar-refractivity contribution in [3.8, 4) is 0 Å². The minimum atomic E-state index is -3.42. The first-order valence-electron chi connectivity index (χ1n) is 7.12. The highest BCUT2D eigenvalue weighted by Crippen LogP contribution is 2.25. The fraction of sp³-hybridized carbons (Fsp3) is 0.667. The van der Waals surface area contributed by atoms with Gasteiger partial charge in [-0.25, -0.2) is 8.42 Å². The van der Waals surface area contributed by atoms with Crippen LogP contribution in [-0.2, 0) is 19.6 Å². The van der Waals surface area contributed by atoms with E-state index in [0.29, 0.717) is 17.4 Å². The molecule has 0 atom stereocenters. The van der Waals surface area contributed by atoms with Gasteiger partial charge in [0.05, 0.1) is 18.6 Å². The molecule has 1 N–H and O–H groups in total. The lowest BCUT2D eigenvalue weighted by molar-refractivity contribution is -0.128. The molecule has 0 aliphatic rings. The normalized spacial score (nSPS) is 11.5. The second kappa shape index (κ2) is 9.30. The van der Waals surface area contributed by atoms with Crippen LogP contribution in [0.1, 0.15) is 13.8 Å². The molecule has 0 aromatic carbocycles. The van der Waals surface area contributed by atoms with Gasteiger partial charge in [-0.2, -0.15) is 4.31 Å². The van der Waals surface area contributed by atoms with Gasteiger partial charge in [0.15, 0.2) is 4.34 Å². The van der Waals surface area contributed by atoms with Crippen molar-refractivity contribution >= 4 is 50.1 Å². The van der Waals surface area contributed by atoms with Crippen LogP contribution in [0.25, 0.3) is 0 Å². The summed E-state index contributed by atoms with van der Waals surface area (Å²) in [5.74, 6) is -0.239. The Labute approximate surface area is 149 Å². The molecule has 0 spiro atoms. The Morgan fingerprint density at radius 2 is 1.88 bits per heavy atom. The molecule has 1 heterocycles. The molecule has 1 aromatic rings. The highest BCUT2D eigenvalue weighted by Gasteiger charge is 2.17. The summed E-state index contributed by atoms with van der Waals surface area (Å²) in [6.45, 7) is 4.83. The topological polar surface area (TPSA) is 113 Å². The number of anilines is 1. The van der Waals surface area contributed by atoms with Crippen LogP contribution in [0.3, 0.4) is 0 Å². The van der Waals surface area contributed by atoms with Crippen molar-refractivity contribution in [3.05, 3.63) is 0 Å². The van der Waals surface area contributed by atoms with Crippen LogP contribution < -0.4 is 5.32 Å². The minimum Gasteiger partial charge on any atom is -0.343 e. The lowest BCUT2D eigenvalue weighted by Crippen LogP contribution is -2.34. The zero-order chi connectivity index (χ0) is 18.3. The fourth-order valence-corrected chi connectivity index (χ4v) is 3.61. The highest BCUT2D eigenvalue weighted by molar-refractivity contribution is 8.01. The maximum absolute atomic E-state index is 11.9. The number of carbonyl (C=O) groups is 2. The number of nitrogens with one attached hydrogen (secondary N) is 1. The van der Waals surface area contributed by atoms with E-state index in [2.05, 4.69) is 15.5 Å². The van der Waals surface area contributed by atoms with E-state index in [1.54, 1.807) is 4.90 Å². The number of hydrogen-bond acceptors (Lipinski definition) is 8. The minimum absolute atomic E-state index is 0.0144. The maximum atomic E-state index is 11.9. The maximum Gasteiger partial charge on any atom is 0.241 e. The molecule has 1 rings (SSSR count). The number of nitrogens with zero attached hydrogens (tertiary/aromatic N) is 4. The number of hydrogen-bond donors (Lipinski definition) is 1. The van der Waals surface area contributed by atoms with Crippen LogP contribution in [0.4, 0.5) is 5.13 Å². The summed E-state index contributed by atoms with van der Waals surface area (Å²) in [5.41, 5.74) is 0. The third-order valence-electron chi connectivity index (χ3n) is 3.02. The molecule has 136 valence electrons. The van der Waals surface area contributed by atoms with Gasteiger partial charge in [0.25, 0.3) is 0 Å². The first-order chi connectivity index (χ1) is 11.2. The summed E-state index contributed by atoms with van der Waals surface area (Å²) in [4.78, 5) is 25.4. The molecule has 24 heavy (non-hydrogen) atoms. The number of amides is 2. The average Bonchev–Trinajstić information content (AvgIpc) is 2.92. The molecule has 1 aromatic heterocycles. The van der Waals surface area contributed by atoms with Crippen molar-refractivity contribution in [1.29, 1.82) is 0 Å². The second-order valence-corrected chi connectivity index (χ2v) is 9.08. The summed E-state index contributed by atoms with van der Waals surface area (Å²) in [5, 5.41) is 10.5. The molecular weight excluding hydrogens is 374 g/mol. The van der Waals surface area contributed by atoms with Crippen LogP contribution >= 0.6 is 23.1 Å². The van der Waals surface area contributed by atoms with Crippen molar-refractivity contribution in [2.24, 2.45) is 0 Å². The molecule has 12 heteroatoms. The summed E-state index contributed by atoms with van der Waals surface area (Å²) < 4.78 is 24.0. The van der Waals surface area contributed by atoms with Crippen LogP contribution in [0.2, 0.25) is 0 Å². The van der Waals surface area contributed by atoms with E-state index in [1.165, 1.54) is 18.8 Å². The molecule has 0 aliphatic heterocycles. The Morgan fingerprint density at radius 3 is 2.42 bits per heavy atom. The van der Waals surface area contributed by atoms with E-state index in [4.69, 9.17) is 0 Å². The van der Waals surface area contributed by atoms with E-state index >= 15 is 0 Å². The van der Waals surface area contributed by atoms with Gasteiger partial charge in [-0.3, -0.25) is 14.9 Å². The summed E-state index contributed by atoms with van der Waals surface area (Å²) in [7, 11) is -2.11. The molecule has 0 saturated heterocycles. The molecule has 9 nitrogen and oxygen atoms in total. The van der Waals surface area contributed by atoms with Crippen molar-refractivity contribution < 1.29 is 18.0 Å². The van der Waals surface area contributed by atoms with Gasteiger partial charge < -0.3 is 4.90 Å². The molecule has 0 radical (unpaired) electrons. The van der Waals surface area contributed by atoms with Crippen molar-refractivity contribution in [2.75, 3.05) is 44.0 Å². The Hall–Kier alpha value is -1.24. The van der Waals surface area contributed by atoms with Crippen molar-refractivity contribution in [3.63, 3.8) is 0 Å². The summed E-state index contributed by atoms with van der Waals surface area (Å²) >= 11 is 2.38. The Kier molecular flexibility index (Phi) is 8.06. The molecule has 0 bridgehead atoms. The first kappa shape index (κ1) is 20.8. The third-order valence-corrected chi connectivity index (χ3v) is 6.24. The largest absolute Gasteiger partial charge is 0.343 e. The predicted octanol–water partition coefficient (Wildman–Crippen LogP) is 0.329. The van der Waals surface area contributed by atoms with Gasteiger partial charge in [0.1, 0.15) is 0 Å². The van der Waals surface area contributed by atoms with Gasteiger partial charge in [-0.1, -0.05) is 23.1 Å². The van der Waals surface area contributed by atoms with E-state index in [-0.39, 0.29) is 23.3 Å². The monoisotopic (exact) mass is 395 g/mol. The molecule has 2 amide bonds. The molecule has 0 fully saturated rings. The zero-order valence-electron chi connectivity index (χ0n) is 14.0. The van der Waals surface area contributed by atoms with Gasteiger partial charge in [-0.05, 0) is 13.8 Å². The summed E-state index contributed by atoms with van der Waals surface area (Å²) in [6, 6.07) is 0. The van der Waals surface area contributed by atoms with Gasteiger partial charge in [0, 0.05) is 20.1 Å². The first-order valence-corrected chi connectivity index (χ1v) is 10.8. The smallest absolute Gasteiger partial charge is 0.241 e. The highest BCUT2D eigenvalue weighted by atomic mass is 32.2. The van der Waals surface area contributed by atoms with E-state index in [1.807, 2.05) is 13.8 Å². The lowest BCUT2D eigenvalue weighted by atomic mass is 10.5. The Morgan fingerprint density at radius 1 is 1.25 bits per heavy atom. The van der Waals surface area contributed by atoms with Crippen molar-refractivity contribution in [1.82, 2.24) is 19.4 Å². The van der Waals surface area contributed by atoms with E-state index < -0.39 is 15.9 Å². The number of rotatable bonds is 9. The Balaban J connectivity index is 2.51. The number of likely N-dealkylation sites (N-methyl/N-ethyl adjacent to an activating group) is 1. The van der Waals surface area contributed by atoms with E-state index in [0.717, 1.165) is 21.9 Å². The zero-order valence-corrected chi connectivity index (χ0v) is 16.4. The number of thioether (sulfide) groups is 1. The van der Waals surface area contributed by atoms with Crippen LogP contribution in [0.5, 0.6) is 0 Å².